The highest BCUT2D eigenvalue weighted by Gasteiger charge is 2.20. The average Bonchev–Trinajstić information content (AvgIpc) is 2.72. The standard InChI is InChI=1S/C20H20Cl3N3O4/c1-24-20(27)19(26-29-3)13-5-4-6-16(22)15(13)10-30-25-18(11-28-2)14-8-7-12(21)9-17(14)23/h4-9H,10-11H2,1-3H3,(H,24,27)/b25-18+,26-19+. The van der Waals surface area contributed by atoms with Crippen LogP contribution in [0.25, 0.3) is 0 Å². The van der Waals surface area contributed by atoms with E-state index in [4.69, 9.17) is 49.2 Å². The molecule has 1 N–H and O–H groups in total. The molecule has 0 aliphatic heterocycles. The Morgan fingerprint density at radius 3 is 2.43 bits per heavy atom. The molecular formula is C20H20Cl3N3O4. The fourth-order valence-corrected chi connectivity index (χ4v) is 3.28. The molecule has 0 radical (unpaired) electrons. The fourth-order valence-electron chi connectivity index (χ4n) is 2.54. The molecular weight excluding hydrogens is 453 g/mol. The molecule has 0 saturated carbocycles. The number of halogens is 3. The van der Waals surface area contributed by atoms with Crippen molar-refractivity contribution in [2.24, 2.45) is 10.3 Å². The SMILES string of the molecule is CNC(=O)/C(=N/OC)c1cccc(Cl)c1CO/N=C(\COC)c1ccc(Cl)cc1Cl. The molecule has 0 aromatic heterocycles. The molecule has 0 aliphatic rings. The summed E-state index contributed by atoms with van der Waals surface area (Å²) in [5, 5.41) is 11.8. The Balaban J connectivity index is 2.35. The van der Waals surface area contributed by atoms with Crippen molar-refractivity contribution in [2.75, 3.05) is 27.9 Å². The molecule has 160 valence electrons. The number of ether oxygens (including phenoxy) is 1. The maximum absolute atomic E-state index is 12.2. The number of hydrogen-bond donors (Lipinski definition) is 1. The summed E-state index contributed by atoms with van der Waals surface area (Å²) < 4.78 is 5.19. The maximum Gasteiger partial charge on any atom is 0.273 e. The van der Waals surface area contributed by atoms with Crippen molar-refractivity contribution in [1.29, 1.82) is 0 Å². The van der Waals surface area contributed by atoms with E-state index < -0.39 is 5.91 Å². The van der Waals surface area contributed by atoms with Gasteiger partial charge in [-0.3, -0.25) is 4.79 Å². The summed E-state index contributed by atoms with van der Waals surface area (Å²) >= 11 is 18.6. The summed E-state index contributed by atoms with van der Waals surface area (Å²) in [6.45, 7) is 0.124. The zero-order valence-electron chi connectivity index (χ0n) is 16.5. The number of likely N-dealkylation sites (N-methyl/N-ethyl adjacent to an activating group) is 1. The van der Waals surface area contributed by atoms with Gasteiger partial charge in [0.15, 0.2) is 5.71 Å². The number of benzene rings is 2. The van der Waals surface area contributed by atoms with Crippen LogP contribution in [-0.4, -0.2) is 45.2 Å². The van der Waals surface area contributed by atoms with E-state index in [0.29, 0.717) is 37.5 Å². The Morgan fingerprint density at radius 1 is 1.03 bits per heavy atom. The molecule has 2 aromatic carbocycles. The molecule has 0 heterocycles. The number of methoxy groups -OCH3 is 1. The van der Waals surface area contributed by atoms with E-state index in [1.54, 1.807) is 36.4 Å². The minimum absolute atomic E-state index is 0.0346. The Hall–Kier alpha value is -2.32. The van der Waals surface area contributed by atoms with Gasteiger partial charge in [0.1, 0.15) is 19.4 Å². The molecule has 30 heavy (non-hydrogen) atoms. The summed E-state index contributed by atoms with van der Waals surface area (Å²) in [7, 11) is 4.37. The molecule has 10 heteroatoms. The lowest BCUT2D eigenvalue weighted by molar-refractivity contribution is -0.114. The van der Waals surface area contributed by atoms with E-state index in [1.807, 2.05) is 0 Å². The lowest BCUT2D eigenvalue weighted by atomic mass is 10.0. The largest absolute Gasteiger partial charge is 0.398 e. The van der Waals surface area contributed by atoms with Crippen LogP contribution in [0.4, 0.5) is 0 Å². The van der Waals surface area contributed by atoms with Crippen LogP contribution in [0, 0.1) is 0 Å². The highest BCUT2D eigenvalue weighted by molar-refractivity contribution is 6.46. The monoisotopic (exact) mass is 471 g/mol. The predicted molar refractivity (Wildman–Crippen MR) is 119 cm³/mol. The normalized spacial score (nSPS) is 11.9. The van der Waals surface area contributed by atoms with E-state index >= 15 is 0 Å². The lowest BCUT2D eigenvalue weighted by Crippen LogP contribution is -2.29. The van der Waals surface area contributed by atoms with Gasteiger partial charge in [-0.2, -0.15) is 0 Å². The zero-order chi connectivity index (χ0) is 22.1. The van der Waals surface area contributed by atoms with Crippen molar-refractivity contribution < 1.29 is 19.2 Å². The molecule has 1 amide bonds. The molecule has 0 spiro atoms. The molecule has 0 aliphatic carbocycles. The van der Waals surface area contributed by atoms with Crippen LogP contribution in [0.15, 0.2) is 46.7 Å². The van der Waals surface area contributed by atoms with Crippen LogP contribution in [0.5, 0.6) is 0 Å². The summed E-state index contributed by atoms with van der Waals surface area (Å²) in [6, 6.07) is 10.1. The van der Waals surface area contributed by atoms with Gasteiger partial charge in [-0.25, -0.2) is 0 Å². The summed E-state index contributed by atoms with van der Waals surface area (Å²) in [5.74, 6) is -0.433. The molecule has 0 unspecified atom stereocenters. The summed E-state index contributed by atoms with van der Waals surface area (Å²) in [5.41, 5.74) is 2.11. The van der Waals surface area contributed by atoms with Gasteiger partial charge in [0.25, 0.3) is 5.91 Å². The van der Waals surface area contributed by atoms with Crippen molar-refractivity contribution in [3.63, 3.8) is 0 Å². The predicted octanol–water partition coefficient (Wildman–Crippen LogP) is 4.31. The Kier molecular flexibility index (Phi) is 9.39. The van der Waals surface area contributed by atoms with Gasteiger partial charge in [0.2, 0.25) is 0 Å². The van der Waals surface area contributed by atoms with Crippen LogP contribution in [0.3, 0.4) is 0 Å². The number of carbonyl (C=O) groups excluding carboxylic acids is 1. The lowest BCUT2D eigenvalue weighted by Gasteiger charge is -2.13. The van der Waals surface area contributed by atoms with Crippen LogP contribution in [0.2, 0.25) is 15.1 Å². The first-order chi connectivity index (χ1) is 14.4. The van der Waals surface area contributed by atoms with Crippen molar-refractivity contribution in [3.05, 3.63) is 68.2 Å². The molecule has 2 aromatic rings. The van der Waals surface area contributed by atoms with E-state index in [1.165, 1.54) is 21.3 Å². The molecule has 0 saturated heterocycles. The summed E-state index contributed by atoms with van der Waals surface area (Å²) in [6.07, 6.45) is 0. The number of nitrogens with zero attached hydrogens (tertiary/aromatic N) is 2. The van der Waals surface area contributed by atoms with Gasteiger partial charge < -0.3 is 19.7 Å². The minimum Gasteiger partial charge on any atom is -0.398 e. The number of carbonyl (C=O) groups is 1. The van der Waals surface area contributed by atoms with Gasteiger partial charge in [-0.15, -0.1) is 0 Å². The maximum atomic E-state index is 12.2. The van der Waals surface area contributed by atoms with Crippen molar-refractivity contribution in [3.8, 4) is 0 Å². The van der Waals surface area contributed by atoms with Gasteiger partial charge in [-0.1, -0.05) is 57.2 Å². The number of amides is 1. The second-order valence-corrected chi connectivity index (χ2v) is 7.09. The molecule has 2 rings (SSSR count). The first-order valence-corrected chi connectivity index (χ1v) is 9.80. The third-order valence-corrected chi connectivity index (χ3v) is 4.81. The summed E-state index contributed by atoms with van der Waals surface area (Å²) in [4.78, 5) is 22.6. The third-order valence-electron chi connectivity index (χ3n) is 3.91. The molecule has 7 nitrogen and oxygen atoms in total. The highest BCUT2D eigenvalue weighted by Crippen LogP contribution is 2.24. The average molecular weight is 473 g/mol. The number of oxime groups is 2. The van der Waals surface area contributed by atoms with E-state index in [9.17, 15) is 4.79 Å². The van der Waals surface area contributed by atoms with Crippen LogP contribution >= 0.6 is 34.8 Å². The van der Waals surface area contributed by atoms with Gasteiger partial charge in [0, 0.05) is 40.9 Å². The number of hydrogen-bond acceptors (Lipinski definition) is 6. The Labute approximate surface area is 189 Å². The van der Waals surface area contributed by atoms with Gasteiger partial charge in [-0.05, 0) is 24.3 Å². The minimum atomic E-state index is -0.433. The first kappa shape index (κ1) is 24.0. The second-order valence-electron chi connectivity index (χ2n) is 5.84. The molecule has 0 bridgehead atoms. The third kappa shape index (κ3) is 6.09. The van der Waals surface area contributed by atoms with E-state index in [-0.39, 0.29) is 18.9 Å². The van der Waals surface area contributed by atoms with Crippen molar-refractivity contribution >= 4 is 52.1 Å². The molecule has 0 atom stereocenters. The second kappa shape index (κ2) is 11.8. The fraction of sp³-hybridized carbons (Fsp3) is 0.250. The van der Waals surface area contributed by atoms with E-state index in [0.717, 1.165) is 0 Å². The molecule has 0 fully saturated rings. The van der Waals surface area contributed by atoms with E-state index in [2.05, 4.69) is 15.6 Å². The van der Waals surface area contributed by atoms with Crippen molar-refractivity contribution in [2.45, 2.75) is 6.61 Å². The van der Waals surface area contributed by atoms with Crippen molar-refractivity contribution in [1.82, 2.24) is 5.32 Å². The quantitative estimate of drug-likeness (QED) is 0.435. The van der Waals surface area contributed by atoms with Gasteiger partial charge in [0.05, 0.1) is 11.6 Å². The Morgan fingerprint density at radius 2 is 1.80 bits per heavy atom. The van der Waals surface area contributed by atoms with Crippen LogP contribution in [-0.2, 0) is 25.8 Å². The number of nitrogens with one attached hydrogen (secondary N) is 1. The zero-order valence-corrected chi connectivity index (χ0v) is 18.8. The van der Waals surface area contributed by atoms with Gasteiger partial charge >= 0.3 is 0 Å². The Bertz CT molecular complexity index is 964. The smallest absolute Gasteiger partial charge is 0.273 e. The topological polar surface area (TPSA) is 81.5 Å². The number of rotatable bonds is 9. The first-order valence-electron chi connectivity index (χ1n) is 8.67. The highest BCUT2D eigenvalue weighted by atomic mass is 35.5. The van der Waals surface area contributed by atoms with Crippen LogP contribution < -0.4 is 5.32 Å². The van der Waals surface area contributed by atoms with Crippen LogP contribution in [0.1, 0.15) is 16.7 Å².